The predicted molar refractivity (Wildman–Crippen MR) is 74.5 cm³/mol. The second kappa shape index (κ2) is 5.37. The van der Waals surface area contributed by atoms with Crippen LogP contribution in [0.2, 0.25) is 0 Å². The van der Waals surface area contributed by atoms with Crippen LogP contribution in [0.5, 0.6) is 0 Å². The van der Waals surface area contributed by atoms with Crippen LogP contribution < -0.4 is 11.3 Å². The van der Waals surface area contributed by atoms with Crippen molar-refractivity contribution in [3.63, 3.8) is 0 Å². The van der Waals surface area contributed by atoms with Crippen LogP contribution in [0.3, 0.4) is 0 Å². The average molecular weight is 299 g/mol. The summed E-state index contributed by atoms with van der Waals surface area (Å²) in [4.78, 5) is 4.12. The normalized spacial score (nSPS) is 13.8. The van der Waals surface area contributed by atoms with Crippen molar-refractivity contribution in [1.29, 1.82) is 0 Å². The Morgan fingerprint density at radius 1 is 1.55 bits per heavy atom. The maximum Gasteiger partial charge on any atom is 0.263 e. The molecule has 0 saturated heterocycles. The van der Waals surface area contributed by atoms with Crippen molar-refractivity contribution in [3.8, 4) is 0 Å². The van der Waals surface area contributed by atoms with E-state index in [1.165, 1.54) is 11.4 Å². The fourth-order valence-electron chi connectivity index (χ4n) is 1.80. The highest BCUT2D eigenvalue weighted by Gasteiger charge is 2.31. The van der Waals surface area contributed by atoms with Crippen LogP contribution in [0, 0.1) is 0 Å². The summed E-state index contributed by atoms with van der Waals surface area (Å²) in [6.07, 6.45) is 1.59. The standard InChI is InChI=1S/C11H17N5O3S/c1-8(7-17)15(2)20(18,19)11-10(14-12)13-9-5-3-4-6-16(9)11/h3-6,8,14,17H,7,12H2,1-2H3. The van der Waals surface area contributed by atoms with Gasteiger partial charge in [-0.2, -0.15) is 4.31 Å². The molecule has 20 heavy (non-hydrogen) atoms. The zero-order chi connectivity index (χ0) is 14.9. The number of aliphatic hydroxyl groups is 1. The number of fused-ring (bicyclic) bond motifs is 1. The number of aromatic nitrogens is 2. The van der Waals surface area contributed by atoms with Gasteiger partial charge in [0.05, 0.1) is 6.61 Å². The summed E-state index contributed by atoms with van der Waals surface area (Å²) in [5, 5.41) is 9.08. The summed E-state index contributed by atoms with van der Waals surface area (Å²) in [5.41, 5.74) is 2.76. The molecule has 9 heteroatoms. The number of hydrazine groups is 1. The maximum absolute atomic E-state index is 12.6. The average Bonchev–Trinajstić information content (AvgIpc) is 2.84. The Hall–Kier alpha value is -1.68. The molecule has 2 rings (SSSR count). The van der Waals surface area contributed by atoms with E-state index in [0.717, 1.165) is 4.31 Å². The number of anilines is 1. The molecule has 0 aliphatic rings. The fourth-order valence-corrected chi connectivity index (χ4v) is 3.37. The third kappa shape index (κ3) is 2.24. The van der Waals surface area contributed by atoms with Crippen molar-refractivity contribution in [2.24, 2.45) is 5.84 Å². The first-order valence-corrected chi connectivity index (χ1v) is 7.40. The molecule has 0 aliphatic heterocycles. The molecule has 0 aliphatic carbocycles. The molecule has 110 valence electrons. The van der Waals surface area contributed by atoms with E-state index < -0.39 is 16.1 Å². The number of nitrogens with one attached hydrogen (secondary N) is 1. The molecule has 0 amide bonds. The molecule has 0 spiro atoms. The molecular weight excluding hydrogens is 282 g/mol. The van der Waals surface area contributed by atoms with Crippen molar-refractivity contribution in [2.45, 2.75) is 18.0 Å². The number of rotatable bonds is 5. The van der Waals surface area contributed by atoms with Crippen molar-refractivity contribution in [2.75, 3.05) is 19.1 Å². The van der Waals surface area contributed by atoms with Gasteiger partial charge in [-0.15, -0.1) is 0 Å². The highest BCUT2D eigenvalue weighted by molar-refractivity contribution is 7.89. The summed E-state index contributed by atoms with van der Waals surface area (Å²) in [5.74, 6) is 5.42. The van der Waals surface area contributed by atoms with Gasteiger partial charge >= 0.3 is 0 Å². The number of imidazole rings is 1. The second-order valence-electron chi connectivity index (χ2n) is 4.39. The van der Waals surface area contributed by atoms with Gasteiger partial charge in [-0.25, -0.2) is 19.2 Å². The quantitative estimate of drug-likeness (QED) is 0.512. The second-order valence-corrected chi connectivity index (χ2v) is 6.30. The van der Waals surface area contributed by atoms with E-state index in [1.54, 1.807) is 31.3 Å². The highest BCUT2D eigenvalue weighted by atomic mass is 32.2. The lowest BCUT2D eigenvalue weighted by Crippen LogP contribution is -2.38. The van der Waals surface area contributed by atoms with Crippen LogP contribution in [0.4, 0.5) is 5.82 Å². The number of hydrogen-bond acceptors (Lipinski definition) is 6. The lowest BCUT2D eigenvalue weighted by atomic mass is 10.4. The molecule has 1 unspecified atom stereocenters. The van der Waals surface area contributed by atoms with E-state index in [-0.39, 0.29) is 17.5 Å². The smallest absolute Gasteiger partial charge is 0.263 e. The van der Waals surface area contributed by atoms with Crippen LogP contribution in [-0.2, 0) is 10.0 Å². The Bertz CT molecular complexity index is 712. The highest BCUT2D eigenvalue weighted by Crippen LogP contribution is 2.25. The van der Waals surface area contributed by atoms with Gasteiger partial charge in [-0.1, -0.05) is 6.07 Å². The zero-order valence-corrected chi connectivity index (χ0v) is 12.0. The van der Waals surface area contributed by atoms with Crippen molar-refractivity contribution in [1.82, 2.24) is 13.7 Å². The number of hydrogen-bond donors (Lipinski definition) is 3. The van der Waals surface area contributed by atoms with Crippen LogP contribution in [0.25, 0.3) is 5.65 Å². The summed E-state index contributed by atoms with van der Waals surface area (Å²) < 4.78 is 27.8. The first-order chi connectivity index (χ1) is 9.43. The Morgan fingerprint density at radius 3 is 2.85 bits per heavy atom. The first-order valence-electron chi connectivity index (χ1n) is 5.96. The van der Waals surface area contributed by atoms with E-state index in [2.05, 4.69) is 10.4 Å². The predicted octanol–water partition coefficient (Wildman–Crippen LogP) is -0.379. The molecule has 1 atom stereocenters. The molecule has 0 radical (unpaired) electrons. The number of likely N-dealkylation sites (N-methyl/N-ethyl adjacent to an activating group) is 1. The lowest BCUT2D eigenvalue weighted by molar-refractivity contribution is 0.213. The molecular formula is C11H17N5O3S. The maximum atomic E-state index is 12.6. The minimum Gasteiger partial charge on any atom is -0.395 e. The van der Waals surface area contributed by atoms with Gasteiger partial charge in [0.2, 0.25) is 5.03 Å². The van der Waals surface area contributed by atoms with E-state index >= 15 is 0 Å². The van der Waals surface area contributed by atoms with Gasteiger partial charge in [0.1, 0.15) is 5.65 Å². The summed E-state index contributed by atoms with van der Waals surface area (Å²) in [6.45, 7) is 1.33. The molecule has 0 aromatic carbocycles. The van der Waals surface area contributed by atoms with Gasteiger partial charge in [-0.3, -0.25) is 4.40 Å². The van der Waals surface area contributed by atoms with Crippen molar-refractivity contribution in [3.05, 3.63) is 24.4 Å². The van der Waals surface area contributed by atoms with Crippen molar-refractivity contribution >= 4 is 21.5 Å². The van der Waals surface area contributed by atoms with Gasteiger partial charge in [0.25, 0.3) is 10.0 Å². The number of sulfonamides is 1. The first kappa shape index (κ1) is 14.7. The molecule has 8 nitrogen and oxygen atoms in total. The third-order valence-electron chi connectivity index (χ3n) is 3.13. The van der Waals surface area contributed by atoms with E-state index in [0.29, 0.717) is 5.65 Å². The fraction of sp³-hybridized carbons (Fsp3) is 0.364. The van der Waals surface area contributed by atoms with Gasteiger partial charge < -0.3 is 10.5 Å². The van der Waals surface area contributed by atoms with Gasteiger partial charge in [0, 0.05) is 19.3 Å². The topological polar surface area (TPSA) is 113 Å². The molecule has 0 bridgehead atoms. The lowest BCUT2D eigenvalue weighted by Gasteiger charge is -2.22. The molecule has 2 aromatic rings. The minimum atomic E-state index is -3.85. The number of aliphatic hydroxyl groups excluding tert-OH is 1. The van der Waals surface area contributed by atoms with Crippen LogP contribution in [0.1, 0.15) is 6.92 Å². The Kier molecular flexibility index (Phi) is 3.95. The third-order valence-corrected chi connectivity index (χ3v) is 5.13. The number of nitrogens with zero attached hydrogens (tertiary/aromatic N) is 3. The van der Waals surface area contributed by atoms with Crippen LogP contribution in [0.15, 0.2) is 29.4 Å². The molecule has 2 heterocycles. The Morgan fingerprint density at radius 2 is 2.25 bits per heavy atom. The summed E-state index contributed by atoms with van der Waals surface area (Å²) in [7, 11) is -2.44. The van der Waals surface area contributed by atoms with E-state index in [9.17, 15) is 8.42 Å². The molecule has 0 fully saturated rings. The van der Waals surface area contributed by atoms with Gasteiger partial charge in [-0.05, 0) is 19.1 Å². The number of nitrogens with two attached hydrogens (primary N) is 1. The van der Waals surface area contributed by atoms with Crippen molar-refractivity contribution < 1.29 is 13.5 Å². The van der Waals surface area contributed by atoms with E-state index in [4.69, 9.17) is 10.9 Å². The number of pyridine rings is 1. The summed E-state index contributed by atoms with van der Waals surface area (Å²) >= 11 is 0. The Labute approximate surface area is 116 Å². The van der Waals surface area contributed by atoms with Crippen LogP contribution in [-0.4, -0.2) is 46.9 Å². The molecule has 4 N–H and O–H groups in total. The number of nitrogen functional groups attached to an aromatic ring is 1. The molecule has 2 aromatic heterocycles. The summed E-state index contributed by atoms with van der Waals surface area (Å²) in [6, 6.07) is 4.57. The Balaban J connectivity index is 2.67. The van der Waals surface area contributed by atoms with Gasteiger partial charge in [0.15, 0.2) is 5.82 Å². The minimum absolute atomic E-state index is 0.0570. The zero-order valence-electron chi connectivity index (χ0n) is 11.2. The largest absolute Gasteiger partial charge is 0.395 e. The van der Waals surface area contributed by atoms with Crippen LogP contribution >= 0.6 is 0 Å². The van der Waals surface area contributed by atoms with E-state index in [1.807, 2.05) is 0 Å². The SMILES string of the molecule is CC(CO)N(C)S(=O)(=O)c1c(NN)nc2ccccn12. The monoisotopic (exact) mass is 299 g/mol. The molecule has 0 saturated carbocycles.